The van der Waals surface area contributed by atoms with Crippen molar-refractivity contribution in [1.29, 1.82) is 0 Å². The molecule has 0 bridgehead atoms. The Bertz CT molecular complexity index is 1190. The molecule has 0 atom stereocenters. The monoisotopic (exact) mass is 446 g/mol. The quantitative estimate of drug-likeness (QED) is 0.415. The number of methoxy groups -OCH3 is 3. The number of thiazole rings is 1. The Hall–Kier alpha value is -3.93. The maximum Gasteiger partial charge on any atom is 0.327 e. The number of nitro groups is 1. The highest BCUT2D eigenvalue weighted by Crippen LogP contribution is 2.46. The van der Waals surface area contributed by atoms with E-state index in [0.29, 0.717) is 21.0 Å². The molecular weight excluding hydrogens is 428 g/mol. The number of carbonyl (C=O) groups is 2. The van der Waals surface area contributed by atoms with Gasteiger partial charge in [-0.15, -0.1) is 0 Å². The lowest BCUT2D eigenvalue weighted by molar-refractivity contribution is -0.386. The first-order valence-electron chi connectivity index (χ1n) is 8.75. The minimum absolute atomic E-state index is 0.00447. The number of benzene rings is 2. The van der Waals surface area contributed by atoms with Crippen LogP contribution < -0.4 is 24.8 Å². The zero-order valence-electron chi connectivity index (χ0n) is 17.0. The first kappa shape index (κ1) is 21.8. The van der Waals surface area contributed by atoms with Crippen molar-refractivity contribution in [3.8, 4) is 17.2 Å². The summed E-state index contributed by atoms with van der Waals surface area (Å²) in [7, 11) is 3.88. The number of nitrogens with zero attached hydrogens (tertiary/aromatic N) is 2. The Morgan fingerprint density at radius 1 is 1.06 bits per heavy atom. The lowest BCUT2D eigenvalue weighted by Gasteiger charge is -2.15. The van der Waals surface area contributed by atoms with Gasteiger partial charge in [-0.1, -0.05) is 11.3 Å². The number of ether oxygens (including phenoxy) is 3. The van der Waals surface area contributed by atoms with Crippen LogP contribution in [0.3, 0.4) is 0 Å². The number of amides is 2. The van der Waals surface area contributed by atoms with E-state index in [1.54, 1.807) is 18.2 Å². The van der Waals surface area contributed by atoms with Crippen molar-refractivity contribution < 1.29 is 28.7 Å². The van der Waals surface area contributed by atoms with E-state index in [4.69, 9.17) is 14.2 Å². The fourth-order valence-electron chi connectivity index (χ4n) is 2.90. The minimum atomic E-state index is -0.739. The van der Waals surface area contributed by atoms with Gasteiger partial charge in [-0.25, -0.2) is 4.98 Å². The molecule has 0 radical (unpaired) electrons. The number of hydrogen-bond acceptors (Lipinski definition) is 9. The van der Waals surface area contributed by atoms with Crippen molar-refractivity contribution in [3.63, 3.8) is 0 Å². The SMILES string of the molecule is COc1cc(C(=O)Nc2ccc3nc(NC(C)=O)sc3c2)c([N+](=O)[O-])c(OC)c1OC. The summed E-state index contributed by atoms with van der Waals surface area (Å²) in [6.45, 7) is 1.38. The fourth-order valence-corrected chi connectivity index (χ4v) is 3.85. The number of nitro benzene ring substituents is 1. The molecule has 0 saturated heterocycles. The van der Waals surface area contributed by atoms with Gasteiger partial charge in [-0.3, -0.25) is 19.7 Å². The predicted molar refractivity (Wildman–Crippen MR) is 115 cm³/mol. The van der Waals surface area contributed by atoms with Crippen molar-refractivity contribution in [2.75, 3.05) is 32.0 Å². The molecule has 0 spiro atoms. The first-order valence-corrected chi connectivity index (χ1v) is 9.57. The van der Waals surface area contributed by atoms with Gasteiger partial charge in [0.05, 0.1) is 36.5 Å². The molecule has 0 fully saturated rings. The Balaban J connectivity index is 2.01. The molecule has 0 saturated carbocycles. The average molecular weight is 446 g/mol. The lowest BCUT2D eigenvalue weighted by Crippen LogP contribution is -2.15. The van der Waals surface area contributed by atoms with E-state index < -0.39 is 16.5 Å². The van der Waals surface area contributed by atoms with E-state index >= 15 is 0 Å². The van der Waals surface area contributed by atoms with Gasteiger partial charge in [0, 0.05) is 18.7 Å². The third-order valence-electron chi connectivity index (χ3n) is 4.16. The third-order valence-corrected chi connectivity index (χ3v) is 5.09. The molecule has 3 aromatic rings. The van der Waals surface area contributed by atoms with E-state index in [0.717, 1.165) is 0 Å². The van der Waals surface area contributed by atoms with Crippen LogP contribution >= 0.6 is 11.3 Å². The standard InChI is InChI=1S/C19H18N4O7S/c1-9(24)20-19-22-12-6-5-10(7-14(12)31-19)21-18(25)11-8-13(28-2)16(29-3)17(30-4)15(11)23(26)27/h5-8H,1-4H3,(H,21,25)(H,20,22,24). The number of fused-ring (bicyclic) bond motifs is 1. The molecule has 1 aromatic heterocycles. The molecule has 2 N–H and O–H groups in total. The number of nitrogens with one attached hydrogen (secondary N) is 2. The summed E-state index contributed by atoms with van der Waals surface area (Å²) in [5.74, 6) is -1.10. The van der Waals surface area contributed by atoms with Crippen LogP contribution in [0.15, 0.2) is 24.3 Å². The van der Waals surface area contributed by atoms with Crippen LogP contribution in [0.2, 0.25) is 0 Å². The number of carbonyl (C=O) groups excluding carboxylic acids is 2. The molecule has 12 heteroatoms. The molecule has 0 unspecified atom stereocenters. The van der Waals surface area contributed by atoms with Gasteiger partial charge in [-0.05, 0) is 18.2 Å². The van der Waals surface area contributed by atoms with E-state index in [2.05, 4.69) is 15.6 Å². The largest absolute Gasteiger partial charge is 0.493 e. The molecule has 162 valence electrons. The second kappa shape index (κ2) is 8.83. The maximum absolute atomic E-state index is 12.9. The summed E-state index contributed by atoms with van der Waals surface area (Å²) in [5.41, 5.74) is 0.205. The van der Waals surface area contributed by atoms with E-state index in [-0.39, 0.29) is 28.7 Å². The highest BCUT2D eigenvalue weighted by Gasteiger charge is 2.32. The van der Waals surface area contributed by atoms with Crippen LogP contribution in [0.4, 0.5) is 16.5 Å². The van der Waals surface area contributed by atoms with Gasteiger partial charge < -0.3 is 24.8 Å². The topological polar surface area (TPSA) is 142 Å². The van der Waals surface area contributed by atoms with Crippen molar-refractivity contribution in [2.45, 2.75) is 6.92 Å². The Morgan fingerprint density at radius 3 is 2.35 bits per heavy atom. The minimum Gasteiger partial charge on any atom is -0.493 e. The second-order valence-corrected chi connectivity index (χ2v) is 7.17. The van der Waals surface area contributed by atoms with E-state index in [1.165, 1.54) is 45.7 Å². The summed E-state index contributed by atoms with van der Waals surface area (Å²) in [6.07, 6.45) is 0. The van der Waals surface area contributed by atoms with Crippen molar-refractivity contribution in [1.82, 2.24) is 4.98 Å². The molecule has 2 aromatic carbocycles. The molecule has 31 heavy (non-hydrogen) atoms. The van der Waals surface area contributed by atoms with Crippen LogP contribution in [-0.2, 0) is 4.79 Å². The van der Waals surface area contributed by atoms with Crippen LogP contribution in [-0.4, -0.2) is 43.1 Å². The number of hydrogen-bond donors (Lipinski definition) is 2. The van der Waals surface area contributed by atoms with Crippen molar-refractivity contribution in [3.05, 3.63) is 39.9 Å². The smallest absolute Gasteiger partial charge is 0.327 e. The summed E-state index contributed by atoms with van der Waals surface area (Å²) in [5, 5.41) is 17.4. The molecular formula is C19H18N4O7S. The highest BCUT2D eigenvalue weighted by atomic mass is 32.1. The predicted octanol–water partition coefficient (Wildman–Crippen LogP) is 3.44. The van der Waals surface area contributed by atoms with Gasteiger partial charge in [0.2, 0.25) is 17.4 Å². The molecule has 11 nitrogen and oxygen atoms in total. The number of anilines is 2. The summed E-state index contributed by atoms with van der Waals surface area (Å²) < 4.78 is 16.2. The summed E-state index contributed by atoms with van der Waals surface area (Å²) in [4.78, 5) is 39.4. The molecule has 0 aliphatic carbocycles. The number of aromatic nitrogens is 1. The van der Waals surface area contributed by atoms with E-state index in [1.807, 2.05) is 0 Å². The normalized spacial score (nSPS) is 10.5. The summed E-state index contributed by atoms with van der Waals surface area (Å²) in [6, 6.07) is 6.13. The highest BCUT2D eigenvalue weighted by molar-refractivity contribution is 7.22. The van der Waals surface area contributed by atoms with Crippen LogP contribution in [0.25, 0.3) is 10.2 Å². The second-order valence-electron chi connectivity index (χ2n) is 6.14. The van der Waals surface area contributed by atoms with Crippen molar-refractivity contribution >= 4 is 49.9 Å². The fraction of sp³-hybridized carbons (Fsp3) is 0.211. The van der Waals surface area contributed by atoms with Crippen molar-refractivity contribution in [2.24, 2.45) is 0 Å². The Kier molecular flexibility index (Phi) is 6.20. The maximum atomic E-state index is 12.9. The van der Waals surface area contributed by atoms with Gasteiger partial charge in [-0.2, -0.15) is 0 Å². The molecule has 0 aliphatic rings. The average Bonchev–Trinajstić information content (AvgIpc) is 3.12. The van der Waals surface area contributed by atoms with Crippen LogP contribution in [0, 0.1) is 10.1 Å². The summed E-state index contributed by atoms with van der Waals surface area (Å²) >= 11 is 1.23. The molecule has 2 amide bonds. The molecule has 3 rings (SSSR count). The van der Waals surface area contributed by atoms with E-state index in [9.17, 15) is 19.7 Å². The van der Waals surface area contributed by atoms with Crippen LogP contribution in [0.1, 0.15) is 17.3 Å². The first-order chi connectivity index (χ1) is 14.8. The lowest BCUT2D eigenvalue weighted by atomic mass is 10.1. The molecule has 1 heterocycles. The number of rotatable bonds is 7. The van der Waals surface area contributed by atoms with Gasteiger partial charge >= 0.3 is 5.69 Å². The zero-order chi connectivity index (χ0) is 22.7. The third kappa shape index (κ3) is 4.33. The van der Waals surface area contributed by atoms with Crippen LogP contribution in [0.5, 0.6) is 17.2 Å². The van der Waals surface area contributed by atoms with Gasteiger partial charge in [0.1, 0.15) is 5.56 Å². The van der Waals surface area contributed by atoms with Gasteiger partial charge in [0.15, 0.2) is 10.9 Å². The Morgan fingerprint density at radius 2 is 1.77 bits per heavy atom. The zero-order valence-corrected chi connectivity index (χ0v) is 17.8. The Labute approximate surface area is 180 Å². The molecule has 0 aliphatic heterocycles. The van der Waals surface area contributed by atoms with Gasteiger partial charge in [0.25, 0.3) is 5.91 Å².